The van der Waals surface area contributed by atoms with Crippen LogP contribution in [0, 0.1) is 0 Å². The lowest BCUT2D eigenvalue weighted by Gasteiger charge is -2.36. The second kappa shape index (κ2) is 8.11. The number of fused-ring (bicyclic) bond motifs is 1. The number of aromatic nitrogens is 2. The van der Waals surface area contributed by atoms with Crippen LogP contribution in [0.15, 0.2) is 54.9 Å². The minimum atomic E-state index is 0.817. The fourth-order valence-electron chi connectivity index (χ4n) is 3.71. The van der Waals surface area contributed by atoms with E-state index in [-0.39, 0.29) is 0 Å². The van der Waals surface area contributed by atoms with Crippen molar-refractivity contribution in [1.29, 1.82) is 0 Å². The average molecular weight is 369 g/mol. The summed E-state index contributed by atoms with van der Waals surface area (Å²) in [5.74, 6) is 0. The van der Waals surface area contributed by atoms with Gasteiger partial charge in [-0.05, 0) is 49.7 Å². The first-order valence-corrected chi connectivity index (χ1v) is 9.80. The summed E-state index contributed by atoms with van der Waals surface area (Å²) in [4.78, 5) is 9.48. The number of hydrogen-bond donors (Lipinski definition) is 0. The highest BCUT2D eigenvalue weighted by Crippen LogP contribution is 2.21. The van der Waals surface area contributed by atoms with Crippen LogP contribution in [-0.4, -0.2) is 47.2 Å². The predicted molar refractivity (Wildman–Crippen MR) is 109 cm³/mol. The van der Waals surface area contributed by atoms with Gasteiger partial charge in [-0.2, -0.15) is 0 Å². The highest BCUT2D eigenvalue weighted by molar-refractivity contribution is 6.30. The summed E-state index contributed by atoms with van der Waals surface area (Å²) < 4.78 is 2.27. The van der Waals surface area contributed by atoms with Crippen LogP contribution < -0.4 is 4.90 Å². The summed E-state index contributed by atoms with van der Waals surface area (Å²) in [5, 5.41) is 0.817. The Morgan fingerprint density at radius 1 is 0.885 bits per heavy atom. The fraction of sp³-hybridized carbons (Fsp3) is 0.381. The maximum absolute atomic E-state index is 6.11. The molecule has 26 heavy (non-hydrogen) atoms. The second-order valence-corrected chi connectivity index (χ2v) is 7.38. The molecule has 4 nitrogen and oxygen atoms in total. The lowest BCUT2D eigenvalue weighted by atomic mass is 10.2. The maximum Gasteiger partial charge on any atom is 0.0958 e. The number of hydrogen-bond acceptors (Lipinski definition) is 3. The normalized spacial score (nSPS) is 15.7. The van der Waals surface area contributed by atoms with Crippen molar-refractivity contribution in [2.24, 2.45) is 0 Å². The Morgan fingerprint density at radius 3 is 2.54 bits per heavy atom. The number of benzene rings is 2. The standard InChI is InChI=1S/C21H25ClN4/c22-18-6-5-7-19(16-18)25-14-12-24(13-15-25)10-3-4-11-26-17-23-20-8-1-2-9-21(20)26/h1-2,5-9,16-17H,3-4,10-15H2. The van der Waals surface area contributed by atoms with E-state index in [0.29, 0.717) is 0 Å². The van der Waals surface area contributed by atoms with Gasteiger partial charge in [-0.15, -0.1) is 0 Å². The Balaban J connectivity index is 1.20. The third kappa shape index (κ3) is 4.02. The van der Waals surface area contributed by atoms with Crippen molar-refractivity contribution in [2.45, 2.75) is 19.4 Å². The molecule has 3 aromatic rings. The first kappa shape index (κ1) is 17.4. The van der Waals surface area contributed by atoms with Crippen LogP contribution in [0.1, 0.15) is 12.8 Å². The van der Waals surface area contributed by atoms with Gasteiger partial charge in [0.25, 0.3) is 0 Å². The van der Waals surface area contributed by atoms with Crippen molar-refractivity contribution in [3.05, 3.63) is 59.9 Å². The number of imidazole rings is 1. The minimum absolute atomic E-state index is 0.817. The molecule has 1 saturated heterocycles. The molecule has 0 bridgehead atoms. The van der Waals surface area contributed by atoms with E-state index in [9.17, 15) is 0 Å². The van der Waals surface area contributed by atoms with Crippen molar-refractivity contribution >= 4 is 28.3 Å². The van der Waals surface area contributed by atoms with Gasteiger partial charge >= 0.3 is 0 Å². The summed E-state index contributed by atoms with van der Waals surface area (Å²) in [7, 11) is 0. The van der Waals surface area contributed by atoms with Gasteiger partial charge in [0.05, 0.1) is 17.4 Å². The van der Waals surface area contributed by atoms with Crippen LogP contribution in [0.5, 0.6) is 0 Å². The van der Waals surface area contributed by atoms with Crippen LogP contribution in [0.4, 0.5) is 5.69 Å². The molecule has 1 fully saturated rings. The van der Waals surface area contributed by atoms with Gasteiger partial charge in [0.2, 0.25) is 0 Å². The van der Waals surface area contributed by atoms with Crippen LogP contribution >= 0.6 is 11.6 Å². The quantitative estimate of drug-likeness (QED) is 0.606. The fourth-order valence-corrected chi connectivity index (χ4v) is 3.89. The van der Waals surface area contributed by atoms with E-state index in [2.05, 4.69) is 49.7 Å². The predicted octanol–water partition coefficient (Wildman–Crippen LogP) is 4.29. The molecule has 2 heterocycles. The Labute approximate surface area is 160 Å². The van der Waals surface area contributed by atoms with Crippen LogP contribution in [0.3, 0.4) is 0 Å². The SMILES string of the molecule is Clc1cccc(N2CCN(CCCCn3cnc4ccccc43)CC2)c1. The summed E-state index contributed by atoms with van der Waals surface area (Å²) in [6.07, 6.45) is 4.38. The molecule has 0 spiro atoms. The van der Waals surface area contributed by atoms with Gasteiger partial charge in [-0.3, -0.25) is 4.90 Å². The van der Waals surface area contributed by atoms with Crippen molar-refractivity contribution in [1.82, 2.24) is 14.5 Å². The molecule has 5 heteroatoms. The molecule has 0 unspecified atom stereocenters. The second-order valence-electron chi connectivity index (χ2n) is 6.94. The maximum atomic E-state index is 6.11. The summed E-state index contributed by atoms with van der Waals surface area (Å²) in [6.45, 7) is 6.62. The van der Waals surface area contributed by atoms with Crippen molar-refractivity contribution < 1.29 is 0 Å². The zero-order chi connectivity index (χ0) is 17.8. The molecular formula is C21H25ClN4. The monoisotopic (exact) mass is 368 g/mol. The van der Waals surface area contributed by atoms with Gasteiger partial charge < -0.3 is 9.47 Å². The molecule has 0 amide bonds. The zero-order valence-electron chi connectivity index (χ0n) is 15.0. The lowest BCUT2D eigenvalue weighted by Crippen LogP contribution is -2.46. The summed E-state index contributed by atoms with van der Waals surface area (Å²) >= 11 is 6.11. The van der Waals surface area contributed by atoms with Gasteiger partial charge in [0.1, 0.15) is 0 Å². The first-order valence-electron chi connectivity index (χ1n) is 9.42. The minimum Gasteiger partial charge on any atom is -0.369 e. The number of para-hydroxylation sites is 2. The van der Waals surface area contributed by atoms with E-state index in [1.807, 2.05) is 24.5 Å². The average Bonchev–Trinajstić information content (AvgIpc) is 3.09. The van der Waals surface area contributed by atoms with E-state index >= 15 is 0 Å². The molecule has 0 radical (unpaired) electrons. The smallest absolute Gasteiger partial charge is 0.0958 e. The highest BCUT2D eigenvalue weighted by atomic mass is 35.5. The number of nitrogens with zero attached hydrogens (tertiary/aromatic N) is 4. The highest BCUT2D eigenvalue weighted by Gasteiger charge is 2.16. The molecule has 1 aromatic heterocycles. The molecule has 136 valence electrons. The molecule has 0 aliphatic carbocycles. The van der Waals surface area contributed by atoms with Gasteiger partial charge in [-0.25, -0.2) is 4.98 Å². The Kier molecular flexibility index (Phi) is 5.42. The number of aryl methyl sites for hydroxylation is 1. The third-order valence-corrected chi connectivity index (χ3v) is 5.43. The van der Waals surface area contributed by atoms with Crippen LogP contribution in [-0.2, 0) is 6.54 Å². The molecular weight excluding hydrogens is 344 g/mol. The molecule has 1 aliphatic rings. The lowest BCUT2D eigenvalue weighted by molar-refractivity contribution is 0.251. The molecule has 2 aromatic carbocycles. The van der Waals surface area contributed by atoms with E-state index in [1.165, 1.54) is 30.6 Å². The van der Waals surface area contributed by atoms with Crippen LogP contribution in [0.25, 0.3) is 11.0 Å². The third-order valence-electron chi connectivity index (χ3n) is 5.20. The number of rotatable bonds is 6. The first-order chi connectivity index (χ1) is 12.8. The molecule has 0 N–H and O–H groups in total. The number of anilines is 1. The van der Waals surface area contributed by atoms with Gasteiger partial charge in [-0.1, -0.05) is 29.8 Å². The molecule has 1 aliphatic heterocycles. The summed E-state index contributed by atoms with van der Waals surface area (Å²) in [5.41, 5.74) is 3.57. The van der Waals surface area contributed by atoms with E-state index < -0.39 is 0 Å². The largest absolute Gasteiger partial charge is 0.369 e. The van der Waals surface area contributed by atoms with Crippen molar-refractivity contribution in [3.63, 3.8) is 0 Å². The molecule has 0 atom stereocenters. The summed E-state index contributed by atoms with van der Waals surface area (Å²) in [6, 6.07) is 16.5. The van der Waals surface area contributed by atoms with Crippen molar-refractivity contribution in [3.8, 4) is 0 Å². The zero-order valence-corrected chi connectivity index (χ0v) is 15.8. The van der Waals surface area contributed by atoms with E-state index in [1.54, 1.807) is 0 Å². The Bertz CT molecular complexity index is 852. The van der Waals surface area contributed by atoms with Gasteiger partial charge in [0.15, 0.2) is 0 Å². The topological polar surface area (TPSA) is 24.3 Å². The molecule has 0 saturated carbocycles. The number of piperazine rings is 1. The number of unbranched alkanes of at least 4 members (excludes halogenated alkanes) is 1. The van der Waals surface area contributed by atoms with Gasteiger partial charge in [0, 0.05) is 43.4 Å². The van der Waals surface area contributed by atoms with E-state index in [0.717, 1.165) is 43.3 Å². The Morgan fingerprint density at radius 2 is 1.69 bits per heavy atom. The Hall–Kier alpha value is -2.04. The number of halogens is 1. The van der Waals surface area contributed by atoms with E-state index in [4.69, 9.17) is 11.6 Å². The van der Waals surface area contributed by atoms with Crippen LogP contribution in [0.2, 0.25) is 5.02 Å². The van der Waals surface area contributed by atoms with Crippen molar-refractivity contribution in [2.75, 3.05) is 37.6 Å². The molecule has 4 rings (SSSR count).